The molecular weight excluding hydrogens is 593 g/mol. The Bertz CT molecular complexity index is 2870. The first-order chi connectivity index (χ1) is 24.3. The topological polar surface area (TPSA) is 13.1 Å². The number of furan rings is 1. The predicted molar refractivity (Wildman–Crippen MR) is 208 cm³/mol. The van der Waals surface area contributed by atoms with Gasteiger partial charge in [-0.2, -0.15) is 0 Å². The van der Waals surface area contributed by atoms with Gasteiger partial charge in [0.25, 0.3) is 0 Å². The molecule has 10 aromatic rings. The fraction of sp³-hybridized carbons (Fsp3) is 0. The lowest BCUT2D eigenvalue weighted by atomic mass is 9.85. The normalized spacial score (nSPS) is 11.7. The second-order valence-electron chi connectivity index (χ2n) is 12.8. The summed E-state index contributed by atoms with van der Waals surface area (Å²) >= 11 is 0. The standard InChI is InChI=1S/C48H30O/c1-2-12-31(13-3-1)33-16-8-17-34(28-33)37-20-10-23-41-43(37)30-44-39(38-21-9-15-32-14-4-5-18-36(32)38)22-11-24-42(44)48(41)35-26-27-47-45(29-35)40-19-6-7-25-46(40)49-47/h1-30H. The zero-order valence-electron chi connectivity index (χ0n) is 26.7. The van der Waals surface area contributed by atoms with E-state index in [0.717, 1.165) is 21.9 Å². The molecule has 0 unspecified atom stereocenters. The average molecular weight is 623 g/mol. The predicted octanol–water partition coefficient (Wildman–Crippen LogP) is 13.7. The van der Waals surface area contributed by atoms with Crippen LogP contribution in [0.3, 0.4) is 0 Å². The highest BCUT2D eigenvalue weighted by atomic mass is 16.3. The van der Waals surface area contributed by atoms with E-state index in [2.05, 4.69) is 176 Å². The summed E-state index contributed by atoms with van der Waals surface area (Å²) in [5.41, 5.74) is 11.6. The van der Waals surface area contributed by atoms with Gasteiger partial charge < -0.3 is 4.42 Å². The van der Waals surface area contributed by atoms with Crippen LogP contribution in [0.4, 0.5) is 0 Å². The Labute approximate surface area is 284 Å². The van der Waals surface area contributed by atoms with Gasteiger partial charge >= 0.3 is 0 Å². The molecule has 0 saturated heterocycles. The summed E-state index contributed by atoms with van der Waals surface area (Å²) in [5.74, 6) is 0. The smallest absolute Gasteiger partial charge is 0.135 e. The molecule has 0 saturated carbocycles. The molecule has 10 rings (SSSR count). The van der Waals surface area contributed by atoms with Crippen LogP contribution in [-0.2, 0) is 0 Å². The minimum Gasteiger partial charge on any atom is -0.456 e. The lowest BCUT2D eigenvalue weighted by Gasteiger charge is -2.18. The van der Waals surface area contributed by atoms with Crippen molar-refractivity contribution in [2.45, 2.75) is 0 Å². The van der Waals surface area contributed by atoms with Gasteiger partial charge in [-0.05, 0) is 107 Å². The van der Waals surface area contributed by atoms with Gasteiger partial charge in [0, 0.05) is 10.8 Å². The molecule has 0 aliphatic heterocycles. The Morgan fingerprint density at radius 2 is 0.837 bits per heavy atom. The van der Waals surface area contributed by atoms with Crippen molar-refractivity contribution in [3.05, 3.63) is 182 Å². The maximum absolute atomic E-state index is 6.26. The first-order valence-corrected chi connectivity index (χ1v) is 16.8. The third-order valence-corrected chi connectivity index (χ3v) is 10.1. The maximum atomic E-state index is 6.26. The van der Waals surface area contributed by atoms with Crippen molar-refractivity contribution >= 4 is 54.3 Å². The van der Waals surface area contributed by atoms with Crippen LogP contribution < -0.4 is 0 Å². The summed E-state index contributed by atoms with van der Waals surface area (Å²) < 4.78 is 6.26. The zero-order chi connectivity index (χ0) is 32.3. The molecule has 1 nitrogen and oxygen atoms in total. The molecule has 0 N–H and O–H groups in total. The van der Waals surface area contributed by atoms with Gasteiger partial charge in [0.05, 0.1) is 0 Å². The van der Waals surface area contributed by atoms with Crippen LogP contribution in [-0.4, -0.2) is 0 Å². The summed E-state index contributed by atoms with van der Waals surface area (Å²) in [6, 6.07) is 65.9. The Morgan fingerprint density at radius 3 is 1.69 bits per heavy atom. The molecule has 0 bridgehead atoms. The molecule has 0 aliphatic carbocycles. The minimum atomic E-state index is 0.907. The van der Waals surface area contributed by atoms with E-state index in [9.17, 15) is 0 Å². The number of fused-ring (bicyclic) bond motifs is 6. The molecule has 1 heteroatoms. The quantitative estimate of drug-likeness (QED) is 0.178. The number of rotatable bonds is 4. The summed E-state index contributed by atoms with van der Waals surface area (Å²) in [6.45, 7) is 0. The Balaban J connectivity index is 1.31. The fourth-order valence-corrected chi connectivity index (χ4v) is 7.80. The van der Waals surface area contributed by atoms with Crippen LogP contribution >= 0.6 is 0 Å². The van der Waals surface area contributed by atoms with Crippen LogP contribution in [0.5, 0.6) is 0 Å². The van der Waals surface area contributed by atoms with E-state index < -0.39 is 0 Å². The van der Waals surface area contributed by atoms with E-state index in [-0.39, 0.29) is 0 Å². The molecule has 1 heterocycles. The van der Waals surface area contributed by atoms with E-state index in [1.54, 1.807) is 0 Å². The lowest BCUT2D eigenvalue weighted by molar-refractivity contribution is 0.669. The Hall–Kier alpha value is -6.44. The second kappa shape index (κ2) is 11.1. The first kappa shape index (κ1) is 27.7. The van der Waals surface area contributed by atoms with Crippen LogP contribution in [0.15, 0.2) is 186 Å². The lowest BCUT2D eigenvalue weighted by Crippen LogP contribution is -1.91. The van der Waals surface area contributed by atoms with Gasteiger partial charge in [-0.25, -0.2) is 0 Å². The maximum Gasteiger partial charge on any atom is 0.135 e. The monoisotopic (exact) mass is 622 g/mol. The third-order valence-electron chi connectivity index (χ3n) is 10.1. The highest BCUT2D eigenvalue weighted by molar-refractivity contribution is 6.21. The van der Waals surface area contributed by atoms with Crippen molar-refractivity contribution in [3.8, 4) is 44.5 Å². The number of hydrogen-bond donors (Lipinski definition) is 0. The van der Waals surface area contributed by atoms with Crippen molar-refractivity contribution in [1.82, 2.24) is 0 Å². The summed E-state index contributed by atoms with van der Waals surface area (Å²) in [6.07, 6.45) is 0. The SMILES string of the molecule is c1ccc(-c2cccc(-c3cccc4c(-c5ccc6oc7ccccc7c6c5)c5cccc(-c6cccc7ccccc67)c5cc34)c2)cc1. The van der Waals surface area contributed by atoms with Crippen molar-refractivity contribution < 1.29 is 4.42 Å². The summed E-state index contributed by atoms with van der Waals surface area (Å²) in [5, 5.41) is 9.72. The van der Waals surface area contributed by atoms with Crippen molar-refractivity contribution in [1.29, 1.82) is 0 Å². The first-order valence-electron chi connectivity index (χ1n) is 16.8. The number of benzene rings is 9. The highest BCUT2D eigenvalue weighted by Gasteiger charge is 2.18. The van der Waals surface area contributed by atoms with Crippen LogP contribution in [0.1, 0.15) is 0 Å². The van der Waals surface area contributed by atoms with Crippen molar-refractivity contribution in [3.63, 3.8) is 0 Å². The third kappa shape index (κ3) is 4.47. The van der Waals surface area contributed by atoms with E-state index in [1.807, 2.05) is 6.07 Å². The van der Waals surface area contributed by atoms with Gasteiger partial charge in [0.2, 0.25) is 0 Å². The molecule has 228 valence electrons. The highest BCUT2D eigenvalue weighted by Crippen LogP contribution is 2.45. The second-order valence-corrected chi connectivity index (χ2v) is 12.8. The molecule has 9 aromatic carbocycles. The summed E-state index contributed by atoms with van der Waals surface area (Å²) in [4.78, 5) is 0. The van der Waals surface area contributed by atoms with E-state index >= 15 is 0 Å². The number of hydrogen-bond acceptors (Lipinski definition) is 1. The zero-order valence-corrected chi connectivity index (χ0v) is 26.7. The van der Waals surface area contributed by atoms with E-state index in [0.29, 0.717) is 0 Å². The minimum absolute atomic E-state index is 0.907. The molecule has 0 atom stereocenters. The molecular formula is C48H30O. The van der Waals surface area contributed by atoms with Crippen molar-refractivity contribution in [2.24, 2.45) is 0 Å². The summed E-state index contributed by atoms with van der Waals surface area (Å²) in [7, 11) is 0. The van der Waals surface area contributed by atoms with Gasteiger partial charge in [-0.15, -0.1) is 0 Å². The van der Waals surface area contributed by atoms with Gasteiger partial charge in [-0.3, -0.25) is 0 Å². The number of para-hydroxylation sites is 1. The largest absolute Gasteiger partial charge is 0.456 e. The van der Waals surface area contributed by atoms with E-state index in [1.165, 1.54) is 76.8 Å². The van der Waals surface area contributed by atoms with Crippen molar-refractivity contribution in [2.75, 3.05) is 0 Å². The average Bonchev–Trinajstić information content (AvgIpc) is 3.55. The molecule has 0 radical (unpaired) electrons. The molecule has 0 amide bonds. The Kier molecular flexibility index (Phi) is 6.25. The van der Waals surface area contributed by atoms with Gasteiger partial charge in [-0.1, -0.05) is 152 Å². The van der Waals surface area contributed by atoms with Gasteiger partial charge in [0.1, 0.15) is 11.2 Å². The molecule has 0 spiro atoms. The molecule has 0 aliphatic rings. The van der Waals surface area contributed by atoms with Gasteiger partial charge in [0.15, 0.2) is 0 Å². The molecule has 49 heavy (non-hydrogen) atoms. The van der Waals surface area contributed by atoms with Crippen LogP contribution in [0.2, 0.25) is 0 Å². The Morgan fingerprint density at radius 1 is 0.265 bits per heavy atom. The van der Waals surface area contributed by atoms with Crippen LogP contribution in [0, 0.1) is 0 Å². The molecule has 0 fully saturated rings. The van der Waals surface area contributed by atoms with Crippen LogP contribution in [0.25, 0.3) is 98.8 Å². The van der Waals surface area contributed by atoms with E-state index in [4.69, 9.17) is 4.42 Å². The fourth-order valence-electron chi connectivity index (χ4n) is 7.80. The molecule has 1 aromatic heterocycles.